The van der Waals surface area contributed by atoms with Gasteiger partial charge in [-0.05, 0) is 50.0 Å². The summed E-state index contributed by atoms with van der Waals surface area (Å²) < 4.78 is 16.2. The second-order valence-electron chi connectivity index (χ2n) is 6.61. The van der Waals surface area contributed by atoms with Gasteiger partial charge in [-0.3, -0.25) is 4.99 Å². The SMILES string of the molecule is CN=C(NCc1cc(OC)c(OC)c(OC)c1)NCC1CCCN(C)C1. The standard InChI is InChI=1S/C19H32N4O3/c1-20-19(21-11-14-7-6-8-23(2)13-14)22-12-15-9-16(24-3)18(26-5)17(10-15)25-4/h9-10,14H,6-8,11-13H2,1-5H3,(H2,20,21,22). The molecule has 7 nitrogen and oxygen atoms in total. The normalized spacial score (nSPS) is 18.3. The maximum Gasteiger partial charge on any atom is 0.203 e. The zero-order chi connectivity index (χ0) is 18.9. The number of hydrogen-bond donors (Lipinski definition) is 2. The molecule has 2 rings (SSSR count). The molecule has 1 aromatic rings. The fourth-order valence-corrected chi connectivity index (χ4v) is 3.32. The van der Waals surface area contributed by atoms with Gasteiger partial charge in [0.1, 0.15) is 0 Å². The number of benzene rings is 1. The van der Waals surface area contributed by atoms with Gasteiger partial charge in [-0.15, -0.1) is 0 Å². The first-order chi connectivity index (χ1) is 12.6. The molecule has 1 unspecified atom stereocenters. The minimum atomic E-state index is 0.600. The molecule has 0 aromatic heterocycles. The van der Waals surface area contributed by atoms with Crippen LogP contribution >= 0.6 is 0 Å². The van der Waals surface area contributed by atoms with Crippen molar-refractivity contribution >= 4 is 5.96 Å². The number of nitrogens with one attached hydrogen (secondary N) is 2. The molecule has 1 aromatic carbocycles. The number of hydrogen-bond acceptors (Lipinski definition) is 5. The van der Waals surface area contributed by atoms with Gasteiger partial charge in [0.25, 0.3) is 0 Å². The molecular formula is C19H32N4O3. The van der Waals surface area contributed by atoms with Crippen LogP contribution in [0.1, 0.15) is 18.4 Å². The van der Waals surface area contributed by atoms with Crippen molar-refractivity contribution in [2.24, 2.45) is 10.9 Å². The minimum Gasteiger partial charge on any atom is -0.493 e. The van der Waals surface area contributed by atoms with Crippen molar-refractivity contribution in [3.05, 3.63) is 17.7 Å². The number of ether oxygens (including phenoxy) is 3. The van der Waals surface area contributed by atoms with Gasteiger partial charge in [0.2, 0.25) is 5.75 Å². The molecule has 1 fully saturated rings. The highest BCUT2D eigenvalue weighted by atomic mass is 16.5. The van der Waals surface area contributed by atoms with Gasteiger partial charge in [0.05, 0.1) is 21.3 Å². The summed E-state index contributed by atoms with van der Waals surface area (Å²) in [7, 11) is 8.82. The van der Waals surface area contributed by atoms with E-state index in [-0.39, 0.29) is 0 Å². The van der Waals surface area contributed by atoms with Gasteiger partial charge in [-0.2, -0.15) is 0 Å². The zero-order valence-corrected chi connectivity index (χ0v) is 16.6. The Labute approximate surface area is 156 Å². The fourth-order valence-electron chi connectivity index (χ4n) is 3.32. The van der Waals surface area contributed by atoms with Crippen LogP contribution in [0, 0.1) is 5.92 Å². The Bertz CT molecular complexity index is 581. The van der Waals surface area contributed by atoms with E-state index in [1.807, 2.05) is 12.1 Å². The summed E-state index contributed by atoms with van der Waals surface area (Å²) in [6.07, 6.45) is 2.53. The molecule has 26 heavy (non-hydrogen) atoms. The number of nitrogens with zero attached hydrogens (tertiary/aromatic N) is 2. The molecule has 2 N–H and O–H groups in total. The van der Waals surface area contributed by atoms with Crippen LogP contribution in [0.25, 0.3) is 0 Å². The summed E-state index contributed by atoms with van der Waals surface area (Å²) in [6, 6.07) is 3.88. The van der Waals surface area contributed by atoms with E-state index >= 15 is 0 Å². The van der Waals surface area contributed by atoms with Crippen LogP contribution in [-0.4, -0.2) is 65.9 Å². The van der Waals surface area contributed by atoms with E-state index in [0.717, 1.165) is 24.6 Å². The quantitative estimate of drug-likeness (QED) is 0.567. The highest BCUT2D eigenvalue weighted by molar-refractivity contribution is 5.79. The lowest BCUT2D eigenvalue weighted by molar-refractivity contribution is 0.210. The van der Waals surface area contributed by atoms with Crippen LogP contribution in [0.4, 0.5) is 0 Å². The topological polar surface area (TPSA) is 67.4 Å². The second-order valence-corrected chi connectivity index (χ2v) is 6.61. The molecule has 0 spiro atoms. The van der Waals surface area contributed by atoms with E-state index in [4.69, 9.17) is 14.2 Å². The predicted octanol–water partition coefficient (Wildman–Crippen LogP) is 1.72. The number of piperidine rings is 1. The lowest BCUT2D eigenvalue weighted by Crippen LogP contribution is -2.43. The summed E-state index contributed by atoms with van der Waals surface area (Å²) in [5, 5.41) is 6.78. The highest BCUT2D eigenvalue weighted by Gasteiger charge is 2.17. The van der Waals surface area contributed by atoms with E-state index in [1.165, 1.54) is 19.4 Å². The average Bonchev–Trinajstić information content (AvgIpc) is 2.67. The van der Waals surface area contributed by atoms with Crippen LogP contribution in [-0.2, 0) is 6.54 Å². The lowest BCUT2D eigenvalue weighted by Gasteiger charge is -2.30. The van der Waals surface area contributed by atoms with E-state index < -0.39 is 0 Å². The Morgan fingerprint density at radius 3 is 2.38 bits per heavy atom. The molecule has 1 saturated heterocycles. The van der Waals surface area contributed by atoms with Crippen molar-refractivity contribution in [3.63, 3.8) is 0 Å². The third-order valence-corrected chi connectivity index (χ3v) is 4.69. The first-order valence-corrected chi connectivity index (χ1v) is 9.03. The molecule has 0 radical (unpaired) electrons. The van der Waals surface area contributed by atoms with Gasteiger partial charge in [-0.25, -0.2) is 0 Å². The molecule has 0 saturated carbocycles. The average molecular weight is 364 g/mol. The Balaban J connectivity index is 1.93. The monoisotopic (exact) mass is 364 g/mol. The smallest absolute Gasteiger partial charge is 0.203 e. The second kappa shape index (κ2) is 10.1. The Morgan fingerprint density at radius 2 is 1.85 bits per heavy atom. The Morgan fingerprint density at radius 1 is 1.15 bits per heavy atom. The van der Waals surface area contributed by atoms with Crippen molar-refractivity contribution in [2.45, 2.75) is 19.4 Å². The fraction of sp³-hybridized carbons (Fsp3) is 0.632. The van der Waals surface area contributed by atoms with Gasteiger partial charge in [0.15, 0.2) is 17.5 Å². The van der Waals surface area contributed by atoms with Crippen LogP contribution in [0.15, 0.2) is 17.1 Å². The third-order valence-electron chi connectivity index (χ3n) is 4.69. The van der Waals surface area contributed by atoms with E-state index in [2.05, 4.69) is 27.6 Å². The van der Waals surface area contributed by atoms with E-state index in [1.54, 1.807) is 28.4 Å². The summed E-state index contributed by atoms with van der Waals surface area (Å²) in [5.74, 6) is 3.36. The van der Waals surface area contributed by atoms with Crippen molar-refractivity contribution < 1.29 is 14.2 Å². The molecule has 0 aliphatic carbocycles. The van der Waals surface area contributed by atoms with Crippen LogP contribution < -0.4 is 24.8 Å². The lowest BCUT2D eigenvalue weighted by atomic mass is 9.99. The summed E-state index contributed by atoms with van der Waals surface area (Å²) >= 11 is 0. The predicted molar refractivity (Wildman–Crippen MR) is 105 cm³/mol. The minimum absolute atomic E-state index is 0.600. The molecule has 7 heteroatoms. The van der Waals surface area contributed by atoms with Crippen LogP contribution in [0.5, 0.6) is 17.2 Å². The van der Waals surface area contributed by atoms with Gasteiger partial charge in [-0.1, -0.05) is 0 Å². The molecule has 0 bridgehead atoms. The summed E-state index contributed by atoms with van der Waals surface area (Å²) in [6.45, 7) is 3.88. The molecule has 0 amide bonds. The number of methoxy groups -OCH3 is 3. The molecule has 1 atom stereocenters. The number of rotatable bonds is 7. The molecule has 1 heterocycles. The van der Waals surface area contributed by atoms with Gasteiger partial charge < -0.3 is 29.7 Å². The molecule has 146 valence electrons. The maximum absolute atomic E-state index is 5.41. The Hall–Kier alpha value is -2.15. The summed E-state index contributed by atoms with van der Waals surface area (Å²) in [4.78, 5) is 6.71. The maximum atomic E-state index is 5.41. The zero-order valence-electron chi connectivity index (χ0n) is 16.6. The van der Waals surface area contributed by atoms with Crippen molar-refractivity contribution in [1.82, 2.24) is 15.5 Å². The molecule has 1 aliphatic rings. The largest absolute Gasteiger partial charge is 0.493 e. The number of likely N-dealkylation sites (tertiary alicyclic amines) is 1. The van der Waals surface area contributed by atoms with Crippen molar-refractivity contribution in [3.8, 4) is 17.2 Å². The van der Waals surface area contributed by atoms with E-state index in [9.17, 15) is 0 Å². The van der Waals surface area contributed by atoms with Crippen molar-refractivity contribution in [1.29, 1.82) is 0 Å². The molecular weight excluding hydrogens is 332 g/mol. The summed E-state index contributed by atoms with van der Waals surface area (Å²) in [5.41, 5.74) is 1.03. The first kappa shape index (κ1) is 20.2. The first-order valence-electron chi connectivity index (χ1n) is 9.03. The number of guanidine groups is 1. The van der Waals surface area contributed by atoms with Gasteiger partial charge in [0, 0.05) is 26.7 Å². The van der Waals surface area contributed by atoms with Crippen molar-refractivity contribution in [2.75, 3.05) is 55.1 Å². The van der Waals surface area contributed by atoms with E-state index in [0.29, 0.717) is 29.7 Å². The van der Waals surface area contributed by atoms with Crippen LogP contribution in [0.2, 0.25) is 0 Å². The number of aliphatic imine (C=N–C) groups is 1. The van der Waals surface area contributed by atoms with Crippen LogP contribution in [0.3, 0.4) is 0 Å². The third kappa shape index (κ3) is 5.42. The molecule has 1 aliphatic heterocycles. The highest BCUT2D eigenvalue weighted by Crippen LogP contribution is 2.38. The Kier molecular flexibility index (Phi) is 7.84. The van der Waals surface area contributed by atoms with Gasteiger partial charge >= 0.3 is 0 Å².